The second-order valence-electron chi connectivity index (χ2n) is 6.83. The molecule has 1 aliphatic heterocycles. The first kappa shape index (κ1) is 15.8. The molecule has 2 aromatic carbocycles. The van der Waals surface area contributed by atoms with Gasteiger partial charge in [-0.05, 0) is 30.0 Å². The van der Waals surface area contributed by atoms with Gasteiger partial charge in [0.25, 0.3) is 5.91 Å². The lowest BCUT2D eigenvalue weighted by Gasteiger charge is -2.22. The first-order valence-corrected chi connectivity index (χ1v) is 8.96. The van der Waals surface area contributed by atoms with Gasteiger partial charge in [0, 0.05) is 0 Å². The van der Waals surface area contributed by atoms with E-state index in [0.29, 0.717) is 6.54 Å². The van der Waals surface area contributed by atoms with Gasteiger partial charge in [0.05, 0.1) is 6.54 Å². The van der Waals surface area contributed by atoms with Crippen LogP contribution in [0.2, 0.25) is 0 Å². The fourth-order valence-electron chi connectivity index (χ4n) is 3.75. The zero-order valence-corrected chi connectivity index (χ0v) is 14.3. The van der Waals surface area contributed by atoms with Gasteiger partial charge in [-0.25, -0.2) is 0 Å². The minimum atomic E-state index is -0.509. The first-order valence-electron chi connectivity index (χ1n) is 8.96. The summed E-state index contributed by atoms with van der Waals surface area (Å²) in [6.07, 6.45) is 7.95. The Balaban J connectivity index is 1.64. The van der Waals surface area contributed by atoms with E-state index in [1.54, 1.807) is 0 Å². The number of amides is 1. The molecular formula is C22H22N2O. The van der Waals surface area contributed by atoms with Crippen molar-refractivity contribution in [2.24, 2.45) is 4.99 Å². The van der Waals surface area contributed by atoms with Crippen molar-refractivity contribution >= 4 is 17.8 Å². The average Bonchev–Trinajstić information content (AvgIpc) is 3.23. The Bertz CT molecular complexity index is 802. The predicted molar refractivity (Wildman–Crippen MR) is 101 cm³/mol. The molecule has 0 radical (unpaired) electrons. The van der Waals surface area contributed by atoms with Crippen LogP contribution in [0.1, 0.15) is 36.8 Å². The van der Waals surface area contributed by atoms with Crippen LogP contribution >= 0.6 is 0 Å². The number of hydrogen-bond acceptors (Lipinski definition) is 2. The van der Waals surface area contributed by atoms with Crippen molar-refractivity contribution in [1.29, 1.82) is 0 Å². The molecule has 1 aliphatic carbocycles. The summed E-state index contributed by atoms with van der Waals surface area (Å²) in [5.41, 5.74) is 1.74. The molecule has 2 aliphatic rings. The molecule has 1 amide bonds. The minimum absolute atomic E-state index is 0.168. The fourth-order valence-corrected chi connectivity index (χ4v) is 3.75. The number of hydrogen-bond donors (Lipinski definition) is 0. The second-order valence-corrected chi connectivity index (χ2v) is 6.83. The predicted octanol–water partition coefficient (Wildman–Crippen LogP) is 4.45. The first-order chi connectivity index (χ1) is 12.3. The number of rotatable bonds is 4. The smallest absolute Gasteiger partial charge is 0.256 e. The molecule has 0 N–H and O–H groups in total. The highest BCUT2D eigenvalue weighted by Gasteiger charge is 2.49. The van der Waals surface area contributed by atoms with Crippen LogP contribution in [0.25, 0.3) is 6.08 Å². The molecule has 3 nitrogen and oxygen atoms in total. The van der Waals surface area contributed by atoms with Gasteiger partial charge in [-0.2, -0.15) is 0 Å². The molecule has 0 saturated heterocycles. The van der Waals surface area contributed by atoms with E-state index >= 15 is 0 Å². The van der Waals surface area contributed by atoms with Crippen LogP contribution in [0, 0.1) is 0 Å². The highest BCUT2D eigenvalue weighted by atomic mass is 16.2. The lowest BCUT2D eigenvalue weighted by molar-refractivity contribution is -0.131. The molecule has 0 bridgehead atoms. The van der Waals surface area contributed by atoms with Crippen LogP contribution in [0.3, 0.4) is 0 Å². The van der Waals surface area contributed by atoms with Crippen molar-refractivity contribution in [1.82, 2.24) is 4.90 Å². The van der Waals surface area contributed by atoms with Gasteiger partial charge in [-0.1, -0.05) is 79.6 Å². The van der Waals surface area contributed by atoms with E-state index in [-0.39, 0.29) is 5.91 Å². The highest BCUT2D eigenvalue weighted by molar-refractivity contribution is 6.13. The molecule has 4 rings (SSSR count). The molecule has 3 heteroatoms. The van der Waals surface area contributed by atoms with Gasteiger partial charge in [0.1, 0.15) is 11.4 Å². The third-order valence-electron chi connectivity index (χ3n) is 5.09. The molecule has 25 heavy (non-hydrogen) atoms. The van der Waals surface area contributed by atoms with Gasteiger partial charge in [0.2, 0.25) is 0 Å². The van der Waals surface area contributed by atoms with Crippen molar-refractivity contribution in [3.63, 3.8) is 0 Å². The molecule has 1 fully saturated rings. The van der Waals surface area contributed by atoms with E-state index in [2.05, 4.69) is 24.3 Å². The number of carbonyl (C=O) groups excluding carboxylic acids is 1. The van der Waals surface area contributed by atoms with Crippen molar-refractivity contribution < 1.29 is 4.79 Å². The third kappa shape index (κ3) is 3.14. The SMILES string of the molecule is O=C1N(Cc2ccccc2)C(/C=C/c2ccccc2)=NC12CCCC2. The quantitative estimate of drug-likeness (QED) is 0.815. The Morgan fingerprint density at radius 1 is 0.920 bits per heavy atom. The standard InChI is InChI=1S/C22H22N2O/c25-21-22(15-7-8-16-22)23-20(14-13-18-9-3-1-4-10-18)24(21)17-19-11-5-2-6-12-19/h1-6,9-14H,7-8,15-17H2/b14-13+. The van der Waals surface area contributed by atoms with Crippen LogP contribution in [0.4, 0.5) is 0 Å². The summed E-state index contributed by atoms with van der Waals surface area (Å²) in [5, 5.41) is 0. The van der Waals surface area contributed by atoms with Crippen LogP contribution in [-0.4, -0.2) is 22.2 Å². The number of aliphatic imine (C=N–C) groups is 1. The van der Waals surface area contributed by atoms with Crippen LogP contribution in [-0.2, 0) is 11.3 Å². The van der Waals surface area contributed by atoms with Crippen LogP contribution in [0.15, 0.2) is 71.7 Å². The molecule has 1 saturated carbocycles. The Kier molecular flexibility index (Phi) is 4.22. The maximum Gasteiger partial charge on any atom is 0.256 e. The molecule has 1 spiro atoms. The Hall–Kier alpha value is -2.68. The molecule has 126 valence electrons. The normalized spacial score (nSPS) is 19.1. The summed E-state index contributed by atoms with van der Waals surface area (Å²) in [7, 11) is 0. The Labute approximate surface area is 148 Å². The molecule has 0 atom stereocenters. The van der Waals surface area contributed by atoms with E-state index in [9.17, 15) is 4.79 Å². The lowest BCUT2D eigenvalue weighted by Crippen LogP contribution is -2.40. The van der Waals surface area contributed by atoms with Crippen molar-refractivity contribution in [2.75, 3.05) is 0 Å². The molecule has 0 unspecified atom stereocenters. The van der Waals surface area contributed by atoms with E-state index in [1.807, 2.05) is 53.5 Å². The molecule has 2 aromatic rings. The second kappa shape index (κ2) is 6.67. The topological polar surface area (TPSA) is 32.7 Å². The van der Waals surface area contributed by atoms with E-state index in [4.69, 9.17) is 4.99 Å². The van der Waals surface area contributed by atoms with Gasteiger partial charge in [-0.3, -0.25) is 14.7 Å². The minimum Gasteiger partial charge on any atom is -0.290 e. The van der Waals surface area contributed by atoms with Crippen molar-refractivity contribution in [2.45, 2.75) is 37.8 Å². The molecular weight excluding hydrogens is 308 g/mol. The maximum atomic E-state index is 13.1. The Morgan fingerprint density at radius 3 is 2.24 bits per heavy atom. The lowest BCUT2D eigenvalue weighted by atomic mass is 9.98. The van der Waals surface area contributed by atoms with Gasteiger partial charge in [-0.15, -0.1) is 0 Å². The van der Waals surface area contributed by atoms with Crippen LogP contribution < -0.4 is 0 Å². The summed E-state index contributed by atoms with van der Waals surface area (Å²) in [5.74, 6) is 0.959. The Morgan fingerprint density at radius 2 is 1.56 bits per heavy atom. The number of nitrogens with zero attached hydrogens (tertiary/aromatic N) is 2. The molecule has 0 aromatic heterocycles. The van der Waals surface area contributed by atoms with Crippen molar-refractivity contribution in [3.05, 3.63) is 77.9 Å². The zero-order valence-electron chi connectivity index (χ0n) is 14.3. The van der Waals surface area contributed by atoms with E-state index in [1.165, 1.54) is 0 Å². The summed E-state index contributed by atoms with van der Waals surface area (Å²) < 4.78 is 0. The monoisotopic (exact) mass is 330 g/mol. The van der Waals surface area contributed by atoms with Gasteiger partial charge in [0.15, 0.2) is 0 Å². The number of carbonyl (C=O) groups is 1. The highest BCUT2D eigenvalue weighted by Crippen LogP contribution is 2.39. The van der Waals surface area contributed by atoms with Crippen LogP contribution in [0.5, 0.6) is 0 Å². The van der Waals surface area contributed by atoms with Gasteiger partial charge >= 0.3 is 0 Å². The molecule has 1 heterocycles. The fraction of sp³-hybridized carbons (Fsp3) is 0.273. The van der Waals surface area contributed by atoms with E-state index in [0.717, 1.165) is 42.6 Å². The summed E-state index contributed by atoms with van der Waals surface area (Å²) in [4.78, 5) is 19.9. The summed E-state index contributed by atoms with van der Waals surface area (Å²) in [6.45, 7) is 0.583. The average molecular weight is 330 g/mol. The maximum absolute atomic E-state index is 13.1. The number of amidine groups is 1. The summed E-state index contributed by atoms with van der Waals surface area (Å²) in [6, 6.07) is 20.3. The summed E-state index contributed by atoms with van der Waals surface area (Å²) >= 11 is 0. The van der Waals surface area contributed by atoms with E-state index < -0.39 is 5.54 Å². The van der Waals surface area contributed by atoms with Crippen molar-refractivity contribution in [3.8, 4) is 0 Å². The third-order valence-corrected chi connectivity index (χ3v) is 5.09. The largest absolute Gasteiger partial charge is 0.290 e. The van der Waals surface area contributed by atoms with Gasteiger partial charge < -0.3 is 0 Å². The zero-order chi connectivity index (χ0) is 17.1. The number of benzene rings is 2.